The van der Waals surface area contributed by atoms with Crippen molar-refractivity contribution >= 4 is 11.0 Å². The third kappa shape index (κ3) is 5.18. The summed E-state index contributed by atoms with van der Waals surface area (Å²) < 4.78 is 17.2. The molecule has 0 saturated carbocycles. The van der Waals surface area contributed by atoms with E-state index < -0.39 is 0 Å². The number of hydrogen-bond donors (Lipinski definition) is 1. The van der Waals surface area contributed by atoms with Crippen LogP contribution in [-0.2, 0) is 0 Å². The van der Waals surface area contributed by atoms with Gasteiger partial charge in [0.1, 0.15) is 28.2 Å². The summed E-state index contributed by atoms with van der Waals surface area (Å²) in [5.74, 6) is 2.12. The molecule has 1 saturated heterocycles. The van der Waals surface area contributed by atoms with Gasteiger partial charge < -0.3 is 28.9 Å². The monoisotopic (exact) mass is 423 g/mol. The number of benzene rings is 2. The van der Waals surface area contributed by atoms with Crippen LogP contribution in [-0.4, -0.2) is 68.5 Å². The van der Waals surface area contributed by atoms with Gasteiger partial charge in [0.15, 0.2) is 0 Å². The number of fused-ring (bicyclic) bond motifs is 1. The first-order chi connectivity index (χ1) is 15.2. The molecule has 0 spiro atoms. The highest BCUT2D eigenvalue weighted by Gasteiger charge is 2.13. The molecule has 0 unspecified atom stereocenters. The Labute approximate surface area is 182 Å². The quantitative estimate of drug-likeness (QED) is 0.357. The van der Waals surface area contributed by atoms with E-state index in [1.807, 2.05) is 36.4 Å². The molecule has 7 nitrogen and oxygen atoms in total. The van der Waals surface area contributed by atoms with Gasteiger partial charge in [0.25, 0.3) is 0 Å². The lowest BCUT2D eigenvalue weighted by molar-refractivity contribution is 0.145. The van der Waals surface area contributed by atoms with E-state index in [-0.39, 0.29) is 0 Å². The van der Waals surface area contributed by atoms with E-state index in [9.17, 15) is 5.21 Å². The Morgan fingerprint density at radius 1 is 1.00 bits per heavy atom. The highest BCUT2D eigenvalue weighted by atomic mass is 16.5. The third-order valence-electron chi connectivity index (χ3n) is 5.68. The highest BCUT2D eigenvalue weighted by Crippen LogP contribution is 2.26. The van der Waals surface area contributed by atoms with Crippen molar-refractivity contribution in [2.75, 3.05) is 53.5 Å². The molecule has 7 heteroatoms. The van der Waals surface area contributed by atoms with Crippen molar-refractivity contribution in [3.63, 3.8) is 0 Å². The molecule has 164 valence electrons. The first kappa shape index (κ1) is 21.2. The Balaban J connectivity index is 1.40. The van der Waals surface area contributed by atoms with Crippen LogP contribution >= 0.6 is 0 Å². The zero-order valence-corrected chi connectivity index (χ0v) is 18.1. The van der Waals surface area contributed by atoms with Crippen molar-refractivity contribution < 1.29 is 19.1 Å². The van der Waals surface area contributed by atoms with Crippen LogP contribution in [0.3, 0.4) is 0 Å². The van der Waals surface area contributed by atoms with Crippen molar-refractivity contribution in [1.82, 2.24) is 9.80 Å². The van der Waals surface area contributed by atoms with Crippen molar-refractivity contribution in [2.24, 2.45) is 5.16 Å². The molecule has 0 bridgehead atoms. The van der Waals surface area contributed by atoms with Crippen molar-refractivity contribution in [2.45, 2.75) is 6.42 Å². The number of nitrogens with zero attached hydrogens (tertiary/aromatic N) is 3. The fraction of sp³-hybridized carbons (Fsp3) is 0.375. The summed E-state index contributed by atoms with van der Waals surface area (Å²) >= 11 is 0. The van der Waals surface area contributed by atoms with Crippen LogP contribution in [0.25, 0.3) is 22.3 Å². The molecule has 1 fully saturated rings. The van der Waals surface area contributed by atoms with Crippen LogP contribution < -0.4 is 14.8 Å². The summed E-state index contributed by atoms with van der Waals surface area (Å²) in [5.41, 5.74) is 1.47. The van der Waals surface area contributed by atoms with Crippen LogP contribution in [0.4, 0.5) is 0 Å². The first-order valence-corrected chi connectivity index (χ1v) is 10.6. The second kappa shape index (κ2) is 9.85. The van der Waals surface area contributed by atoms with E-state index in [1.54, 1.807) is 19.2 Å². The molecule has 0 amide bonds. The minimum Gasteiger partial charge on any atom is -0.497 e. The number of rotatable bonds is 7. The van der Waals surface area contributed by atoms with Gasteiger partial charge in [0, 0.05) is 55.8 Å². The standard InChI is InChI=1S/C24H29N3O4/c1-26-11-13-27(14-12-26)10-3-15-30-19-6-4-18(5-7-19)23-17-22(25-28)21-9-8-20(29-2)16-24(21)31-23/h4-9,16-17,28H,3,10-15H2,1-2H3. The molecule has 1 aliphatic rings. The molecule has 0 atom stereocenters. The molecule has 2 heterocycles. The van der Waals surface area contributed by atoms with Crippen molar-refractivity contribution in [3.8, 4) is 22.8 Å². The Morgan fingerprint density at radius 2 is 1.74 bits per heavy atom. The maximum atomic E-state index is 9.43. The van der Waals surface area contributed by atoms with Gasteiger partial charge in [0.05, 0.1) is 13.7 Å². The Bertz CT molecular complexity index is 1070. The van der Waals surface area contributed by atoms with Crippen LogP contribution in [0, 0.1) is 0 Å². The van der Waals surface area contributed by atoms with Gasteiger partial charge in [-0.3, -0.25) is 0 Å². The summed E-state index contributed by atoms with van der Waals surface area (Å²) in [6.07, 6.45) is 1.01. The maximum Gasteiger partial charge on any atom is 0.140 e. The topological polar surface area (TPSA) is 70.7 Å². The van der Waals surface area contributed by atoms with Crippen LogP contribution in [0.5, 0.6) is 11.5 Å². The Hall–Kier alpha value is -3.03. The number of piperazine rings is 1. The van der Waals surface area contributed by atoms with Crippen LogP contribution in [0.1, 0.15) is 6.42 Å². The molecule has 0 radical (unpaired) electrons. The highest BCUT2D eigenvalue weighted by molar-refractivity contribution is 5.79. The van der Waals surface area contributed by atoms with E-state index in [0.29, 0.717) is 34.4 Å². The average molecular weight is 424 g/mol. The van der Waals surface area contributed by atoms with Crippen LogP contribution in [0.15, 0.2) is 58.1 Å². The van der Waals surface area contributed by atoms with Gasteiger partial charge in [-0.05, 0) is 49.9 Å². The molecule has 3 aromatic rings. The molecule has 1 aromatic heterocycles. The lowest BCUT2D eigenvalue weighted by atomic mass is 10.1. The van der Waals surface area contributed by atoms with Gasteiger partial charge in [0.2, 0.25) is 0 Å². The summed E-state index contributed by atoms with van der Waals surface area (Å²) in [4.78, 5) is 4.86. The van der Waals surface area contributed by atoms with Crippen molar-refractivity contribution in [3.05, 3.63) is 53.9 Å². The van der Waals surface area contributed by atoms with E-state index in [4.69, 9.17) is 13.9 Å². The molecule has 2 aromatic carbocycles. The predicted octanol–water partition coefficient (Wildman–Crippen LogP) is 3.41. The molecule has 0 aliphatic carbocycles. The Kier molecular flexibility index (Phi) is 6.74. The zero-order chi connectivity index (χ0) is 21.6. The molecule has 4 rings (SSSR count). The third-order valence-corrected chi connectivity index (χ3v) is 5.68. The fourth-order valence-electron chi connectivity index (χ4n) is 3.77. The van der Waals surface area contributed by atoms with E-state index in [0.717, 1.165) is 50.5 Å². The lowest BCUT2D eigenvalue weighted by Gasteiger charge is -2.32. The maximum absolute atomic E-state index is 9.43. The number of likely N-dealkylation sites (N-methyl/N-ethyl adjacent to an activating group) is 1. The second-order valence-corrected chi connectivity index (χ2v) is 7.83. The van der Waals surface area contributed by atoms with Gasteiger partial charge in [-0.25, -0.2) is 0 Å². The predicted molar refractivity (Wildman–Crippen MR) is 120 cm³/mol. The van der Waals surface area contributed by atoms with Crippen molar-refractivity contribution in [1.29, 1.82) is 0 Å². The SMILES string of the molecule is COc1ccc2c(=NO)cc(-c3ccc(OCCCN4CCN(C)CC4)cc3)oc2c1. The molecule has 1 aliphatic heterocycles. The number of methoxy groups -OCH3 is 1. The first-order valence-electron chi connectivity index (χ1n) is 10.6. The minimum absolute atomic E-state index is 0.447. The van der Waals surface area contributed by atoms with Gasteiger partial charge >= 0.3 is 0 Å². The fourth-order valence-corrected chi connectivity index (χ4v) is 3.77. The molecule has 31 heavy (non-hydrogen) atoms. The van der Waals surface area contributed by atoms with Crippen LogP contribution in [0.2, 0.25) is 0 Å². The Morgan fingerprint density at radius 3 is 2.45 bits per heavy atom. The molecular weight excluding hydrogens is 394 g/mol. The lowest BCUT2D eigenvalue weighted by Crippen LogP contribution is -2.44. The van der Waals surface area contributed by atoms with E-state index >= 15 is 0 Å². The average Bonchev–Trinajstić information content (AvgIpc) is 2.82. The number of ether oxygens (including phenoxy) is 2. The summed E-state index contributed by atoms with van der Waals surface area (Å²) in [6, 6.07) is 14.9. The van der Waals surface area contributed by atoms with Gasteiger partial charge in [-0.15, -0.1) is 0 Å². The van der Waals surface area contributed by atoms with E-state index in [2.05, 4.69) is 22.0 Å². The summed E-state index contributed by atoms with van der Waals surface area (Å²) in [5, 5.41) is 14.0. The largest absolute Gasteiger partial charge is 0.497 e. The van der Waals surface area contributed by atoms with Gasteiger partial charge in [-0.2, -0.15) is 0 Å². The van der Waals surface area contributed by atoms with E-state index in [1.165, 1.54) is 0 Å². The molecular formula is C24H29N3O4. The summed E-state index contributed by atoms with van der Waals surface area (Å²) in [6.45, 7) is 6.31. The minimum atomic E-state index is 0.447. The second-order valence-electron chi connectivity index (χ2n) is 7.83. The smallest absolute Gasteiger partial charge is 0.140 e. The molecule has 1 N–H and O–H groups in total. The number of hydrogen-bond acceptors (Lipinski definition) is 7. The van der Waals surface area contributed by atoms with Gasteiger partial charge in [-0.1, -0.05) is 5.16 Å². The zero-order valence-electron chi connectivity index (χ0n) is 18.1. The normalized spacial score (nSPS) is 16.0. The summed E-state index contributed by atoms with van der Waals surface area (Å²) in [7, 11) is 3.78.